The summed E-state index contributed by atoms with van der Waals surface area (Å²) in [7, 11) is 0. The van der Waals surface area contributed by atoms with Crippen molar-refractivity contribution in [2.45, 2.75) is 0 Å². The molecule has 118 valence electrons. The van der Waals surface area contributed by atoms with Gasteiger partial charge in [0.05, 0.1) is 0 Å². The zero-order valence-electron chi connectivity index (χ0n) is 13.5. The lowest BCUT2D eigenvalue weighted by atomic mass is 9.92. The van der Waals surface area contributed by atoms with E-state index in [0.717, 1.165) is 5.02 Å². The first kappa shape index (κ1) is 14.5. The van der Waals surface area contributed by atoms with Gasteiger partial charge in [0.15, 0.2) is 0 Å². The summed E-state index contributed by atoms with van der Waals surface area (Å²) in [5.74, 6) is 0. The Labute approximate surface area is 151 Å². The fourth-order valence-electron chi connectivity index (χ4n) is 3.73. The lowest BCUT2D eigenvalue weighted by Gasteiger charge is -2.12. The van der Waals surface area contributed by atoms with E-state index >= 15 is 0 Å². The van der Waals surface area contributed by atoms with Gasteiger partial charge < -0.3 is 0 Å². The van der Waals surface area contributed by atoms with Crippen molar-refractivity contribution in [1.29, 1.82) is 0 Å². The second-order valence-corrected chi connectivity index (χ2v) is 6.79. The van der Waals surface area contributed by atoms with E-state index in [9.17, 15) is 0 Å². The van der Waals surface area contributed by atoms with Crippen molar-refractivity contribution in [3.05, 3.63) is 96.0 Å². The number of hydrogen-bond acceptors (Lipinski definition) is 0. The zero-order valence-corrected chi connectivity index (χ0v) is 14.3. The maximum absolute atomic E-state index is 6.04. The van der Waals surface area contributed by atoms with Crippen LogP contribution in [0.5, 0.6) is 0 Å². The van der Waals surface area contributed by atoms with Crippen LogP contribution in [0.15, 0.2) is 91.0 Å². The minimum atomic E-state index is 0.765. The Morgan fingerprint density at radius 2 is 0.840 bits per heavy atom. The summed E-state index contributed by atoms with van der Waals surface area (Å²) in [6.45, 7) is 0. The molecule has 0 bridgehead atoms. The highest BCUT2D eigenvalue weighted by atomic mass is 35.5. The van der Waals surface area contributed by atoms with Gasteiger partial charge in [-0.15, -0.1) is 0 Å². The molecule has 0 N–H and O–H groups in total. The molecule has 5 aromatic carbocycles. The molecule has 5 rings (SSSR count). The molecule has 0 spiro atoms. The molecule has 0 heterocycles. The molecule has 0 aliphatic rings. The van der Waals surface area contributed by atoms with Gasteiger partial charge in [-0.25, -0.2) is 0 Å². The van der Waals surface area contributed by atoms with Crippen LogP contribution in [0.25, 0.3) is 43.4 Å². The van der Waals surface area contributed by atoms with E-state index in [1.165, 1.54) is 43.4 Å². The number of fused-ring (bicyclic) bond motifs is 6. The van der Waals surface area contributed by atoms with E-state index in [-0.39, 0.29) is 0 Å². The summed E-state index contributed by atoms with van der Waals surface area (Å²) >= 11 is 6.04. The molecular formula is C24H15Cl. The standard InChI is InChI=1S/C24H15Cl/c25-18-12-9-16(10-13-18)17-11-14-23-21-7-2-1-5-19(21)20-6-3-4-8-22(20)24(23)15-17/h1-15H. The van der Waals surface area contributed by atoms with Crippen molar-refractivity contribution in [2.75, 3.05) is 0 Å². The van der Waals surface area contributed by atoms with Crippen molar-refractivity contribution in [3.63, 3.8) is 0 Å². The average molecular weight is 339 g/mol. The van der Waals surface area contributed by atoms with Crippen LogP contribution in [-0.4, -0.2) is 0 Å². The summed E-state index contributed by atoms with van der Waals surface area (Å²) in [4.78, 5) is 0. The topological polar surface area (TPSA) is 0 Å². The van der Waals surface area contributed by atoms with Gasteiger partial charge in [-0.1, -0.05) is 84.4 Å². The Morgan fingerprint density at radius 3 is 1.40 bits per heavy atom. The van der Waals surface area contributed by atoms with Gasteiger partial charge in [-0.2, -0.15) is 0 Å². The van der Waals surface area contributed by atoms with Gasteiger partial charge in [-0.05, 0) is 61.6 Å². The van der Waals surface area contributed by atoms with Crippen LogP contribution < -0.4 is 0 Å². The molecule has 0 fully saturated rings. The molecule has 25 heavy (non-hydrogen) atoms. The van der Waals surface area contributed by atoms with Crippen molar-refractivity contribution in [3.8, 4) is 11.1 Å². The highest BCUT2D eigenvalue weighted by Gasteiger charge is 2.09. The zero-order chi connectivity index (χ0) is 16.8. The van der Waals surface area contributed by atoms with Gasteiger partial charge in [0.1, 0.15) is 0 Å². The summed E-state index contributed by atoms with van der Waals surface area (Å²) in [6, 6.07) is 32.1. The maximum atomic E-state index is 6.04. The van der Waals surface area contributed by atoms with Crippen molar-refractivity contribution in [1.82, 2.24) is 0 Å². The smallest absolute Gasteiger partial charge is 0.0406 e. The molecular weight excluding hydrogens is 324 g/mol. The second-order valence-electron chi connectivity index (χ2n) is 6.36. The van der Waals surface area contributed by atoms with E-state index in [4.69, 9.17) is 11.6 Å². The third-order valence-corrected chi connectivity index (χ3v) is 5.17. The van der Waals surface area contributed by atoms with Gasteiger partial charge in [-0.3, -0.25) is 0 Å². The van der Waals surface area contributed by atoms with Crippen molar-refractivity contribution in [2.24, 2.45) is 0 Å². The van der Waals surface area contributed by atoms with E-state index in [1.807, 2.05) is 12.1 Å². The predicted molar refractivity (Wildman–Crippen MR) is 109 cm³/mol. The minimum absolute atomic E-state index is 0.765. The highest BCUT2D eigenvalue weighted by molar-refractivity contribution is 6.30. The molecule has 0 aliphatic carbocycles. The van der Waals surface area contributed by atoms with Crippen LogP contribution in [0.1, 0.15) is 0 Å². The van der Waals surface area contributed by atoms with Crippen LogP contribution in [0, 0.1) is 0 Å². The Balaban J connectivity index is 1.91. The van der Waals surface area contributed by atoms with E-state index in [1.54, 1.807) is 0 Å². The summed E-state index contributed by atoms with van der Waals surface area (Å²) in [5.41, 5.74) is 2.40. The summed E-state index contributed by atoms with van der Waals surface area (Å²) in [5, 5.41) is 8.57. The first-order chi connectivity index (χ1) is 12.3. The SMILES string of the molecule is Clc1ccc(-c2ccc3c4ccccc4c4ccccc4c3c2)cc1. The molecule has 0 amide bonds. The Kier molecular flexibility index (Phi) is 3.26. The Hall–Kier alpha value is -2.83. The lowest BCUT2D eigenvalue weighted by Crippen LogP contribution is -1.84. The Bertz CT molecular complexity index is 1200. The Morgan fingerprint density at radius 1 is 0.400 bits per heavy atom. The highest BCUT2D eigenvalue weighted by Crippen LogP contribution is 2.37. The van der Waals surface area contributed by atoms with Crippen LogP contribution in [0.2, 0.25) is 5.02 Å². The van der Waals surface area contributed by atoms with Gasteiger partial charge in [0.2, 0.25) is 0 Å². The average Bonchev–Trinajstić information content (AvgIpc) is 2.68. The van der Waals surface area contributed by atoms with E-state index in [0.29, 0.717) is 0 Å². The largest absolute Gasteiger partial charge is 0.0843 e. The predicted octanol–water partition coefficient (Wildman–Crippen LogP) is 7.47. The molecule has 0 atom stereocenters. The minimum Gasteiger partial charge on any atom is -0.0843 e. The van der Waals surface area contributed by atoms with Gasteiger partial charge in [0, 0.05) is 5.02 Å². The van der Waals surface area contributed by atoms with Crippen molar-refractivity contribution >= 4 is 43.9 Å². The molecule has 0 radical (unpaired) electrons. The number of rotatable bonds is 1. The molecule has 0 aromatic heterocycles. The molecule has 0 unspecified atom stereocenters. The maximum Gasteiger partial charge on any atom is 0.0406 e. The molecule has 0 saturated heterocycles. The number of hydrogen-bond donors (Lipinski definition) is 0. The van der Waals surface area contributed by atoms with Gasteiger partial charge >= 0.3 is 0 Å². The fourth-order valence-corrected chi connectivity index (χ4v) is 3.86. The molecule has 5 aromatic rings. The third-order valence-electron chi connectivity index (χ3n) is 4.92. The molecule has 0 nitrogen and oxygen atoms in total. The van der Waals surface area contributed by atoms with Crippen LogP contribution >= 0.6 is 11.6 Å². The normalized spacial score (nSPS) is 11.4. The van der Waals surface area contributed by atoms with Crippen LogP contribution in [0.4, 0.5) is 0 Å². The third kappa shape index (κ3) is 2.30. The second kappa shape index (κ2) is 5.61. The fraction of sp³-hybridized carbons (Fsp3) is 0. The van der Waals surface area contributed by atoms with E-state index < -0.39 is 0 Å². The number of halogens is 1. The molecule has 0 saturated carbocycles. The quantitative estimate of drug-likeness (QED) is 0.278. The summed E-state index contributed by atoms with van der Waals surface area (Å²) in [6.07, 6.45) is 0. The van der Waals surface area contributed by atoms with Crippen molar-refractivity contribution < 1.29 is 0 Å². The first-order valence-corrected chi connectivity index (χ1v) is 8.78. The van der Waals surface area contributed by atoms with E-state index in [2.05, 4.69) is 78.9 Å². The van der Waals surface area contributed by atoms with Crippen LogP contribution in [0.3, 0.4) is 0 Å². The van der Waals surface area contributed by atoms with Gasteiger partial charge in [0.25, 0.3) is 0 Å². The molecule has 0 aliphatic heterocycles. The lowest BCUT2D eigenvalue weighted by molar-refractivity contribution is 1.65. The monoisotopic (exact) mass is 338 g/mol. The number of benzene rings is 5. The summed E-state index contributed by atoms with van der Waals surface area (Å²) < 4.78 is 0. The molecule has 1 heteroatoms. The first-order valence-electron chi connectivity index (χ1n) is 8.40. The van der Waals surface area contributed by atoms with Crippen LogP contribution in [-0.2, 0) is 0 Å².